The molecular weight excluding hydrogens is 292 g/mol. The van der Waals surface area contributed by atoms with E-state index in [4.69, 9.17) is 0 Å². The zero-order valence-corrected chi connectivity index (χ0v) is 13.3. The number of hydrogen-bond donors (Lipinski definition) is 1. The molecule has 0 unspecified atom stereocenters. The molecule has 2 nitrogen and oxygen atoms in total. The van der Waals surface area contributed by atoms with Crippen LogP contribution in [0.2, 0.25) is 0 Å². The van der Waals surface area contributed by atoms with Crippen molar-refractivity contribution in [1.29, 1.82) is 0 Å². The summed E-state index contributed by atoms with van der Waals surface area (Å²) in [6.45, 7) is 0. The van der Waals surface area contributed by atoms with Crippen LogP contribution in [0.25, 0.3) is 0 Å². The molecule has 1 heterocycles. The second-order valence-corrected chi connectivity index (χ2v) is 5.80. The third-order valence-corrected chi connectivity index (χ3v) is 4.50. The molecule has 116 valence electrons. The molecule has 0 bridgehead atoms. The molecule has 1 aromatic heterocycles. The minimum atomic E-state index is -0.441. The number of rotatable bonds is 4. The Balaban J connectivity index is 2.12. The lowest BCUT2D eigenvalue weighted by molar-refractivity contribution is 0.720. The van der Waals surface area contributed by atoms with Gasteiger partial charge in [-0.05, 0) is 16.7 Å². The summed E-state index contributed by atoms with van der Waals surface area (Å²) < 4.78 is 0. The number of H-pyrrole nitrogens is 1. The van der Waals surface area contributed by atoms with Crippen molar-refractivity contribution in [3.05, 3.63) is 126 Å². The van der Waals surface area contributed by atoms with Gasteiger partial charge in [0.2, 0.25) is 0 Å². The van der Waals surface area contributed by atoms with E-state index in [0.717, 1.165) is 5.69 Å². The second-order valence-electron chi connectivity index (χ2n) is 5.80. The maximum atomic E-state index is 4.66. The van der Waals surface area contributed by atoms with Crippen LogP contribution in [-0.2, 0) is 5.41 Å². The molecule has 0 aliphatic carbocycles. The smallest absolute Gasteiger partial charge is 0.0923 e. The maximum Gasteiger partial charge on any atom is 0.0923 e. The first-order valence-electron chi connectivity index (χ1n) is 8.08. The highest BCUT2D eigenvalue weighted by Crippen LogP contribution is 2.43. The molecule has 0 radical (unpaired) electrons. The molecule has 0 aliphatic heterocycles. The number of hydrogen-bond acceptors (Lipinski definition) is 1. The third-order valence-electron chi connectivity index (χ3n) is 4.50. The number of nitrogens with zero attached hydrogens (tertiary/aromatic N) is 1. The summed E-state index contributed by atoms with van der Waals surface area (Å²) in [6.07, 6.45) is 3.74. The fourth-order valence-corrected chi connectivity index (χ4v) is 3.47. The Bertz CT molecular complexity index is 786. The molecular formula is C22H18N2. The fraction of sp³-hybridized carbons (Fsp3) is 0.0455. The van der Waals surface area contributed by atoms with Crippen molar-refractivity contribution in [2.75, 3.05) is 0 Å². The first kappa shape index (κ1) is 14.5. The molecule has 0 amide bonds. The Morgan fingerprint density at radius 2 is 1.00 bits per heavy atom. The van der Waals surface area contributed by atoms with Crippen LogP contribution in [0.1, 0.15) is 22.4 Å². The Morgan fingerprint density at radius 1 is 0.583 bits per heavy atom. The minimum absolute atomic E-state index is 0.441. The minimum Gasteiger partial charge on any atom is -0.351 e. The lowest BCUT2D eigenvalue weighted by Crippen LogP contribution is -2.31. The van der Waals surface area contributed by atoms with Gasteiger partial charge in [-0.1, -0.05) is 91.0 Å². The van der Waals surface area contributed by atoms with Crippen molar-refractivity contribution in [2.45, 2.75) is 5.41 Å². The summed E-state index contributed by atoms with van der Waals surface area (Å²) in [4.78, 5) is 7.80. The van der Waals surface area contributed by atoms with Gasteiger partial charge in [-0.25, -0.2) is 4.98 Å². The fourth-order valence-electron chi connectivity index (χ4n) is 3.47. The van der Waals surface area contributed by atoms with Crippen molar-refractivity contribution in [2.24, 2.45) is 0 Å². The van der Waals surface area contributed by atoms with Crippen LogP contribution in [0.5, 0.6) is 0 Å². The van der Waals surface area contributed by atoms with Gasteiger partial charge in [0.05, 0.1) is 17.4 Å². The lowest BCUT2D eigenvalue weighted by atomic mass is 9.67. The predicted octanol–water partition coefficient (Wildman–Crippen LogP) is 4.79. The largest absolute Gasteiger partial charge is 0.351 e. The summed E-state index contributed by atoms with van der Waals surface area (Å²) >= 11 is 0. The maximum absolute atomic E-state index is 4.66. The van der Waals surface area contributed by atoms with E-state index in [1.807, 2.05) is 6.20 Å². The summed E-state index contributed by atoms with van der Waals surface area (Å²) in [5.41, 5.74) is 4.16. The SMILES string of the molecule is c1ccc(C(c2ccccc2)(c2ccccc2)c2c[nH]cn2)cc1. The predicted molar refractivity (Wildman–Crippen MR) is 96.9 cm³/mol. The van der Waals surface area contributed by atoms with E-state index in [-0.39, 0.29) is 0 Å². The lowest BCUT2D eigenvalue weighted by Gasteiger charge is -2.34. The molecule has 2 heteroatoms. The molecule has 24 heavy (non-hydrogen) atoms. The van der Waals surface area contributed by atoms with Crippen LogP contribution in [0.15, 0.2) is 104 Å². The number of benzene rings is 3. The van der Waals surface area contributed by atoms with Crippen LogP contribution < -0.4 is 0 Å². The van der Waals surface area contributed by atoms with Crippen LogP contribution >= 0.6 is 0 Å². The van der Waals surface area contributed by atoms with Gasteiger partial charge in [0.15, 0.2) is 0 Å². The summed E-state index contributed by atoms with van der Waals surface area (Å²) in [5, 5.41) is 0. The Labute approximate surface area is 141 Å². The van der Waals surface area contributed by atoms with Gasteiger partial charge < -0.3 is 4.98 Å². The normalized spacial score (nSPS) is 11.3. The molecule has 4 rings (SSSR count). The van der Waals surface area contributed by atoms with E-state index in [1.165, 1.54) is 16.7 Å². The number of nitrogens with one attached hydrogen (secondary N) is 1. The first-order valence-corrected chi connectivity index (χ1v) is 8.08. The molecule has 0 saturated heterocycles. The number of aromatic nitrogens is 2. The van der Waals surface area contributed by atoms with Crippen LogP contribution in [-0.4, -0.2) is 9.97 Å². The van der Waals surface area contributed by atoms with Crippen LogP contribution in [0.4, 0.5) is 0 Å². The number of imidazole rings is 1. The molecule has 0 saturated carbocycles. The van der Waals surface area contributed by atoms with Gasteiger partial charge in [-0.2, -0.15) is 0 Å². The second kappa shape index (κ2) is 6.17. The molecule has 0 aliphatic rings. The van der Waals surface area contributed by atoms with Crippen molar-refractivity contribution < 1.29 is 0 Å². The topological polar surface area (TPSA) is 28.7 Å². The van der Waals surface area contributed by atoms with Gasteiger partial charge in [0, 0.05) is 6.20 Å². The Hall–Kier alpha value is -3.13. The van der Waals surface area contributed by atoms with Crippen molar-refractivity contribution in [1.82, 2.24) is 9.97 Å². The zero-order valence-electron chi connectivity index (χ0n) is 13.3. The Kier molecular flexibility index (Phi) is 3.72. The van der Waals surface area contributed by atoms with Crippen LogP contribution in [0, 0.1) is 0 Å². The summed E-state index contributed by atoms with van der Waals surface area (Å²) in [7, 11) is 0. The third kappa shape index (κ3) is 2.24. The number of aromatic amines is 1. The highest BCUT2D eigenvalue weighted by Gasteiger charge is 2.39. The van der Waals surface area contributed by atoms with E-state index >= 15 is 0 Å². The monoisotopic (exact) mass is 310 g/mol. The summed E-state index contributed by atoms with van der Waals surface area (Å²) in [6, 6.07) is 31.7. The van der Waals surface area contributed by atoms with E-state index in [2.05, 4.69) is 101 Å². The highest BCUT2D eigenvalue weighted by molar-refractivity contribution is 5.57. The average Bonchev–Trinajstić information content (AvgIpc) is 3.20. The van der Waals surface area contributed by atoms with Crippen molar-refractivity contribution >= 4 is 0 Å². The van der Waals surface area contributed by atoms with E-state index in [9.17, 15) is 0 Å². The molecule has 4 aromatic rings. The molecule has 3 aromatic carbocycles. The van der Waals surface area contributed by atoms with Gasteiger partial charge in [-0.3, -0.25) is 0 Å². The highest BCUT2D eigenvalue weighted by atomic mass is 14.9. The van der Waals surface area contributed by atoms with Gasteiger partial charge >= 0.3 is 0 Å². The van der Waals surface area contributed by atoms with E-state index < -0.39 is 5.41 Å². The zero-order chi connectivity index (χ0) is 16.2. The van der Waals surface area contributed by atoms with E-state index in [1.54, 1.807) is 6.33 Å². The van der Waals surface area contributed by atoms with Gasteiger partial charge in [0.1, 0.15) is 0 Å². The van der Waals surface area contributed by atoms with Crippen molar-refractivity contribution in [3.8, 4) is 0 Å². The van der Waals surface area contributed by atoms with Crippen LogP contribution in [0.3, 0.4) is 0 Å². The van der Waals surface area contributed by atoms with Gasteiger partial charge in [0.25, 0.3) is 0 Å². The van der Waals surface area contributed by atoms with E-state index in [0.29, 0.717) is 0 Å². The average molecular weight is 310 g/mol. The Morgan fingerprint density at radius 3 is 1.33 bits per heavy atom. The molecule has 1 N–H and O–H groups in total. The van der Waals surface area contributed by atoms with Crippen molar-refractivity contribution in [3.63, 3.8) is 0 Å². The standard InChI is InChI=1S/C22H18N2/c1-4-10-18(11-5-1)22(21-16-23-17-24-21,19-12-6-2-7-13-19)20-14-8-3-9-15-20/h1-17H,(H,23,24). The summed E-state index contributed by atoms with van der Waals surface area (Å²) in [5.74, 6) is 0. The van der Waals surface area contributed by atoms with Gasteiger partial charge in [-0.15, -0.1) is 0 Å². The molecule has 0 fully saturated rings. The quantitative estimate of drug-likeness (QED) is 0.539. The molecule has 0 spiro atoms. The molecule has 0 atom stereocenters. The first-order chi connectivity index (χ1) is 11.9.